The molecular weight excluding hydrogens is 514 g/mol. The predicted octanol–water partition coefficient (Wildman–Crippen LogP) is 6.45. The number of methoxy groups -OCH3 is 1. The van der Waals surface area contributed by atoms with Crippen molar-refractivity contribution in [2.75, 3.05) is 13.7 Å². The molecule has 0 unspecified atom stereocenters. The van der Waals surface area contributed by atoms with Gasteiger partial charge in [-0.2, -0.15) is 0 Å². The summed E-state index contributed by atoms with van der Waals surface area (Å²) in [6.45, 7) is 8.49. The van der Waals surface area contributed by atoms with E-state index in [9.17, 15) is 9.00 Å². The molecule has 1 N–H and O–H groups in total. The Hall–Kier alpha value is -3.02. The van der Waals surface area contributed by atoms with E-state index in [0.29, 0.717) is 13.2 Å². The van der Waals surface area contributed by atoms with Crippen molar-refractivity contribution in [1.82, 2.24) is 4.72 Å². The summed E-state index contributed by atoms with van der Waals surface area (Å²) in [5.41, 5.74) is 2.03. The van der Waals surface area contributed by atoms with Crippen LogP contribution in [0.2, 0.25) is 0 Å². The number of nitrogens with one attached hydrogen (secondary N) is 1. The number of ether oxygens (including phenoxy) is 2. The molecule has 0 saturated carbocycles. The van der Waals surface area contributed by atoms with Crippen molar-refractivity contribution >= 4 is 48.5 Å². The molecular formula is C31H33NO4S2. The Balaban J connectivity index is 1.62. The van der Waals surface area contributed by atoms with Gasteiger partial charge in [0, 0.05) is 25.7 Å². The predicted molar refractivity (Wildman–Crippen MR) is 157 cm³/mol. The molecule has 5 nitrogen and oxygen atoms in total. The van der Waals surface area contributed by atoms with Crippen molar-refractivity contribution in [2.45, 2.75) is 51.0 Å². The smallest absolute Gasteiger partial charge is 0.307 e. The Morgan fingerprint density at radius 2 is 1.66 bits per heavy atom. The van der Waals surface area contributed by atoms with Gasteiger partial charge in [0.15, 0.2) is 0 Å². The number of carbonyl (C=O) groups is 1. The molecule has 1 heterocycles. The van der Waals surface area contributed by atoms with Crippen molar-refractivity contribution < 1.29 is 18.5 Å². The lowest BCUT2D eigenvalue weighted by Crippen LogP contribution is -2.47. The first-order valence-corrected chi connectivity index (χ1v) is 14.4. The molecule has 0 fully saturated rings. The van der Waals surface area contributed by atoms with Crippen molar-refractivity contribution in [3.63, 3.8) is 0 Å². The van der Waals surface area contributed by atoms with Gasteiger partial charge in [0.25, 0.3) is 0 Å². The number of fused-ring (bicyclic) bond motifs is 3. The highest BCUT2D eigenvalue weighted by molar-refractivity contribution is 7.84. The summed E-state index contributed by atoms with van der Waals surface area (Å²) in [6, 6.07) is 22.4. The first-order chi connectivity index (χ1) is 18.1. The van der Waals surface area contributed by atoms with Crippen LogP contribution in [0, 0.1) is 11.8 Å². The van der Waals surface area contributed by atoms with Crippen LogP contribution in [0.15, 0.2) is 66.7 Å². The van der Waals surface area contributed by atoms with E-state index in [1.54, 1.807) is 11.3 Å². The lowest BCUT2D eigenvalue weighted by Gasteiger charge is -2.33. The van der Waals surface area contributed by atoms with Crippen LogP contribution in [-0.4, -0.2) is 28.6 Å². The topological polar surface area (TPSA) is 64.6 Å². The van der Waals surface area contributed by atoms with Gasteiger partial charge in [0.1, 0.15) is 6.61 Å². The molecule has 7 heteroatoms. The lowest BCUT2D eigenvalue weighted by atomic mass is 9.89. The van der Waals surface area contributed by atoms with Crippen LogP contribution in [0.1, 0.15) is 50.8 Å². The van der Waals surface area contributed by atoms with Crippen LogP contribution in [0.25, 0.3) is 20.2 Å². The molecule has 1 aromatic heterocycles. The Labute approximate surface area is 231 Å². The van der Waals surface area contributed by atoms with Gasteiger partial charge in [0.05, 0.1) is 41.4 Å². The molecule has 3 aromatic carbocycles. The molecule has 4 rings (SSSR count). The van der Waals surface area contributed by atoms with Crippen LogP contribution in [-0.2, 0) is 37.4 Å². The average molecular weight is 548 g/mol. The first-order valence-electron chi connectivity index (χ1n) is 12.4. The molecule has 0 aliphatic heterocycles. The number of hydrogen-bond donors (Lipinski definition) is 1. The summed E-state index contributed by atoms with van der Waals surface area (Å²) in [4.78, 5) is 12.3. The van der Waals surface area contributed by atoms with E-state index in [4.69, 9.17) is 9.47 Å². The lowest BCUT2D eigenvalue weighted by molar-refractivity contribution is -0.142. The van der Waals surface area contributed by atoms with Gasteiger partial charge in [-0.05, 0) is 69.2 Å². The number of thiophene rings is 1. The number of esters is 1. The van der Waals surface area contributed by atoms with Crippen LogP contribution >= 0.6 is 11.3 Å². The number of carbonyl (C=O) groups excluding carboxylic acids is 1. The largest absolute Gasteiger partial charge is 0.469 e. The van der Waals surface area contributed by atoms with Crippen molar-refractivity contribution in [3.05, 3.63) is 83.4 Å². The Morgan fingerprint density at radius 1 is 0.974 bits per heavy atom. The van der Waals surface area contributed by atoms with Crippen LogP contribution in [0.4, 0.5) is 0 Å². The fourth-order valence-corrected chi connectivity index (χ4v) is 6.02. The van der Waals surface area contributed by atoms with Gasteiger partial charge >= 0.3 is 5.97 Å². The standard InChI is InChI=1S/C31H33NO4S2/c1-30(2,3)38(34)32-31(4,20-29(33)35-5)24-14-16-28-26(19-24)25-18-22(13-15-27(25)37-28)12-9-17-36-21-23-10-7-6-8-11-23/h6-8,10-11,13-16,18-19,32H,17,20-21H2,1-5H3/t31-,38-/m0/s1. The molecule has 0 amide bonds. The number of hydrogen-bond acceptors (Lipinski definition) is 5. The van der Waals surface area contributed by atoms with Crippen molar-refractivity contribution in [3.8, 4) is 11.8 Å². The summed E-state index contributed by atoms with van der Waals surface area (Å²) in [5.74, 6) is 5.96. The molecule has 0 spiro atoms. The van der Waals surface area contributed by atoms with Gasteiger partial charge in [-0.3, -0.25) is 4.79 Å². The molecule has 0 aliphatic rings. The third-order valence-electron chi connectivity index (χ3n) is 6.22. The number of benzene rings is 3. The summed E-state index contributed by atoms with van der Waals surface area (Å²) < 4.78 is 28.7. The summed E-state index contributed by atoms with van der Waals surface area (Å²) in [5, 5.41) is 2.17. The summed E-state index contributed by atoms with van der Waals surface area (Å²) >= 11 is 1.71. The van der Waals surface area contributed by atoms with Crippen molar-refractivity contribution in [1.29, 1.82) is 0 Å². The van der Waals surface area contributed by atoms with E-state index >= 15 is 0 Å². The minimum Gasteiger partial charge on any atom is -0.469 e. The van der Waals surface area contributed by atoms with E-state index < -0.39 is 21.3 Å². The monoisotopic (exact) mass is 547 g/mol. The number of rotatable bonds is 8. The zero-order chi connectivity index (χ0) is 27.3. The Bertz CT molecular complexity index is 1530. The normalized spacial score (nSPS) is 14.0. The molecule has 0 aliphatic carbocycles. The molecule has 0 bridgehead atoms. The van der Waals surface area contributed by atoms with E-state index in [0.717, 1.165) is 36.9 Å². The second kappa shape index (κ2) is 11.8. The van der Waals surface area contributed by atoms with Crippen LogP contribution in [0.3, 0.4) is 0 Å². The van der Waals surface area contributed by atoms with Crippen LogP contribution in [0.5, 0.6) is 0 Å². The molecule has 198 valence electrons. The summed E-state index contributed by atoms with van der Waals surface area (Å²) in [6.07, 6.45) is 0.0542. The van der Waals surface area contributed by atoms with Gasteiger partial charge in [0.2, 0.25) is 0 Å². The van der Waals surface area contributed by atoms with E-state index in [-0.39, 0.29) is 12.4 Å². The van der Waals surface area contributed by atoms with Gasteiger partial charge in [-0.25, -0.2) is 8.93 Å². The molecule has 0 saturated heterocycles. The average Bonchev–Trinajstić information content (AvgIpc) is 3.25. The van der Waals surface area contributed by atoms with Gasteiger partial charge in [-0.1, -0.05) is 48.2 Å². The quantitative estimate of drug-likeness (QED) is 0.156. The Morgan fingerprint density at radius 3 is 2.34 bits per heavy atom. The molecule has 2 atom stereocenters. The third kappa shape index (κ3) is 6.69. The molecule has 0 radical (unpaired) electrons. The highest BCUT2D eigenvalue weighted by Gasteiger charge is 2.35. The fraction of sp³-hybridized carbons (Fsp3) is 0.323. The first kappa shape index (κ1) is 28.0. The van der Waals surface area contributed by atoms with Crippen molar-refractivity contribution in [2.24, 2.45) is 0 Å². The zero-order valence-electron chi connectivity index (χ0n) is 22.4. The second-order valence-electron chi connectivity index (χ2n) is 10.4. The van der Waals surface area contributed by atoms with E-state index in [1.807, 2.05) is 70.2 Å². The second-order valence-corrected chi connectivity index (χ2v) is 13.4. The zero-order valence-corrected chi connectivity index (χ0v) is 24.1. The minimum atomic E-state index is -1.38. The van der Waals surface area contributed by atoms with Crippen LogP contribution < -0.4 is 4.72 Å². The maximum atomic E-state index is 13.0. The highest BCUT2D eigenvalue weighted by atomic mass is 32.2. The van der Waals surface area contributed by atoms with E-state index in [2.05, 4.69) is 40.8 Å². The maximum Gasteiger partial charge on any atom is 0.307 e. The van der Waals surface area contributed by atoms with E-state index in [1.165, 1.54) is 7.11 Å². The molecule has 38 heavy (non-hydrogen) atoms. The Kier molecular flexibility index (Phi) is 8.69. The minimum absolute atomic E-state index is 0.0542. The fourth-order valence-electron chi connectivity index (χ4n) is 4.05. The molecule has 4 aromatic rings. The summed E-state index contributed by atoms with van der Waals surface area (Å²) in [7, 11) is -0.0146. The highest BCUT2D eigenvalue weighted by Crippen LogP contribution is 2.38. The SMILES string of the molecule is COC(=O)C[C@](C)(N[S@@](=O)C(C)(C)C)c1ccc2sc3ccc(C#CCOCc4ccccc4)cc3c2c1. The van der Waals surface area contributed by atoms with Gasteiger partial charge < -0.3 is 9.47 Å². The van der Waals surface area contributed by atoms with Gasteiger partial charge in [-0.15, -0.1) is 11.3 Å². The third-order valence-corrected chi connectivity index (χ3v) is 9.12. The maximum absolute atomic E-state index is 13.0.